The number of benzene rings is 4. The van der Waals surface area contributed by atoms with Gasteiger partial charge in [-0.25, -0.2) is 54.8 Å². The van der Waals surface area contributed by atoms with Crippen LogP contribution in [0.15, 0.2) is 150 Å². The van der Waals surface area contributed by atoms with Gasteiger partial charge in [-0.2, -0.15) is 3.15 Å². The SMILES string of the molecule is Clc1ncnc2c1nc(-c1ncnc3c1nc(-c1ncnc4c1nc(-c1ncnc5c1N=IN5Cc1ccccc1)n4Cc1ccccc1)n3Cc1ccccc1)n2Cc1ccccc1. The number of imidazole rings is 3. The number of halogens is 2. The summed E-state index contributed by atoms with van der Waals surface area (Å²) in [6, 6.07) is 40.8. The van der Waals surface area contributed by atoms with E-state index in [1.807, 2.05) is 81.9 Å². The molecule has 314 valence electrons. The van der Waals surface area contributed by atoms with Crippen molar-refractivity contribution in [2.45, 2.75) is 26.2 Å². The maximum atomic E-state index is 6.67. The first kappa shape index (κ1) is 38.9. The predicted octanol–water partition coefficient (Wildman–Crippen LogP) is 9.42. The molecule has 18 heteroatoms. The molecule has 11 aromatic rings. The molecule has 4 aromatic carbocycles. The zero-order chi connectivity index (χ0) is 43.3. The minimum absolute atomic E-state index is 0.238. The van der Waals surface area contributed by atoms with Crippen LogP contribution in [0, 0.1) is 0 Å². The van der Waals surface area contributed by atoms with E-state index in [2.05, 4.69) is 66.2 Å². The zero-order valence-electron chi connectivity index (χ0n) is 34.1. The van der Waals surface area contributed by atoms with Crippen molar-refractivity contribution in [2.75, 3.05) is 3.11 Å². The molecule has 0 aliphatic carbocycles. The smallest absolute Gasteiger partial charge is 0.169 e. The van der Waals surface area contributed by atoms with Crippen molar-refractivity contribution in [1.82, 2.24) is 68.5 Å². The molecule has 1 aliphatic rings. The van der Waals surface area contributed by atoms with Gasteiger partial charge in [0.05, 0.1) is 26.2 Å². The first-order valence-corrected chi connectivity index (χ1v) is 22.9. The van der Waals surface area contributed by atoms with Crippen molar-refractivity contribution in [3.8, 4) is 34.6 Å². The van der Waals surface area contributed by atoms with Crippen LogP contribution < -0.4 is 3.11 Å². The lowest BCUT2D eigenvalue weighted by atomic mass is 10.2. The molecule has 16 nitrogen and oxygen atoms in total. The van der Waals surface area contributed by atoms with E-state index in [1.165, 1.54) is 18.2 Å². The fourth-order valence-corrected chi connectivity index (χ4v) is 10.3. The van der Waals surface area contributed by atoms with Gasteiger partial charge in [0, 0.05) is 0 Å². The number of hydrogen-bond acceptors (Lipinski definition) is 13. The van der Waals surface area contributed by atoms with E-state index in [1.54, 1.807) is 12.7 Å². The monoisotopic (exact) mass is 982 g/mol. The second-order valence-corrected chi connectivity index (χ2v) is 17.6. The van der Waals surface area contributed by atoms with Gasteiger partial charge in [-0.05, 0) is 22.3 Å². The van der Waals surface area contributed by atoms with E-state index in [0.717, 1.165) is 28.2 Å². The zero-order valence-corrected chi connectivity index (χ0v) is 37.0. The summed E-state index contributed by atoms with van der Waals surface area (Å²) in [5.41, 5.74) is 9.94. The molecule has 0 N–H and O–H groups in total. The fraction of sp³-hybridized carbons (Fsp3) is 0.0851. The molecular formula is C47H32ClIN16. The Labute approximate surface area is 385 Å². The van der Waals surface area contributed by atoms with E-state index in [4.69, 9.17) is 59.6 Å². The number of aromatic nitrogens is 14. The van der Waals surface area contributed by atoms with Crippen LogP contribution in [0.4, 0.5) is 11.5 Å². The Morgan fingerprint density at radius 1 is 0.400 bits per heavy atom. The summed E-state index contributed by atoms with van der Waals surface area (Å²) in [6.07, 6.45) is 6.14. The number of anilines is 1. The Hall–Kier alpha value is -7.77. The molecule has 0 unspecified atom stereocenters. The first-order chi connectivity index (χ1) is 32.1. The Kier molecular flexibility index (Phi) is 9.81. The van der Waals surface area contributed by atoms with Gasteiger partial charge in [0.15, 0.2) is 45.4 Å². The third kappa shape index (κ3) is 7.04. The summed E-state index contributed by atoms with van der Waals surface area (Å²) in [7, 11) is 0. The highest BCUT2D eigenvalue weighted by Gasteiger charge is 2.30. The highest BCUT2D eigenvalue weighted by Crippen LogP contribution is 2.47. The lowest BCUT2D eigenvalue weighted by Gasteiger charge is -2.14. The van der Waals surface area contributed by atoms with Gasteiger partial charge in [-0.15, -0.1) is 0 Å². The first-order valence-electron chi connectivity index (χ1n) is 20.6. The average Bonchev–Trinajstić information content (AvgIpc) is 4.13. The summed E-state index contributed by atoms with van der Waals surface area (Å²) in [4.78, 5) is 53.8. The third-order valence-electron chi connectivity index (χ3n) is 11.1. The highest BCUT2D eigenvalue weighted by atomic mass is 127. The van der Waals surface area contributed by atoms with E-state index in [0.29, 0.717) is 94.2 Å². The van der Waals surface area contributed by atoms with Crippen molar-refractivity contribution in [3.63, 3.8) is 0 Å². The molecule has 1 aliphatic heterocycles. The second kappa shape index (κ2) is 16.4. The molecule has 12 rings (SSSR count). The standard InChI is InChI=1S/C47H32ClIN16/c48-40-39-43(56-28-53-40)64(23-31-17-9-3-10-18-31)46(60-39)34-37-41(54-26-51-34)62(21-29-13-5-1-6-14-29)45(58-37)33-36-42(55-25-50-33)63(22-30-15-7-2-8-16-30)47(59-36)35-38-44(57-27-52-35)65(49-61-38)24-32-19-11-4-12-20-32/h1-20,25-28H,21-24H2. The van der Waals surface area contributed by atoms with Crippen LogP contribution in [0.25, 0.3) is 68.0 Å². The lowest BCUT2D eigenvalue weighted by Crippen LogP contribution is -2.10. The summed E-state index contributed by atoms with van der Waals surface area (Å²) in [5.74, 6) is 2.42. The summed E-state index contributed by atoms with van der Waals surface area (Å²) in [5, 5.41) is 0.238. The van der Waals surface area contributed by atoms with Gasteiger partial charge in [0.1, 0.15) is 85.9 Å². The molecule has 0 radical (unpaired) electrons. The maximum absolute atomic E-state index is 6.67. The molecule has 8 heterocycles. The normalized spacial score (nSPS) is 12.4. The summed E-state index contributed by atoms with van der Waals surface area (Å²) < 4.78 is 13.5. The van der Waals surface area contributed by atoms with Crippen LogP contribution in [0.1, 0.15) is 22.3 Å². The minimum atomic E-state index is -0.762. The van der Waals surface area contributed by atoms with E-state index < -0.39 is 21.3 Å². The molecule has 0 saturated heterocycles. The van der Waals surface area contributed by atoms with E-state index >= 15 is 0 Å². The van der Waals surface area contributed by atoms with Gasteiger partial charge >= 0.3 is 0 Å². The molecule has 7 aromatic heterocycles. The van der Waals surface area contributed by atoms with Crippen LogP contribution in [-0.2, 0) is 26.2 Å². The molecule has 0 bridgehead atoms. The van der Waals surface area contributed by atoms with Crippen molar-refractivity contribution in [1.29, 1.82) is 0 Å². The fourth-order valence-electron chi connectivity index (χ4n) is 8.15. The van der Waals surface area contributed by atoms with Crippen LogP contribution in [0.5, 0.6) is 0 Å². The maximum Gasteiger partial charge on any atom is 0.169 e. The minimum Gasteiger partial charge on any atom is -0.303 e. The molecule has 65 heavy (non-hydrogen) atoms. The number of fused-ring (bicyclic) bond motifs is 4. The Bertz CT molecular complexity index is 3580. The molecule has 0 amide bonds. The number of hydrogen-bond donors (Lipinski definition) is 0. The summed E-state index contributed by atoms with van der Waals surface area (Å²) in [6.45, 7) is 2.03. The third-order valence-corrected chi connectivity index (χ3v) is 13.4. The molecule has 0 atom stereocenters. The van der Waals surface area contributed by atoms with Crippen molar-refractivity contribution in [3.05, 3.63) is 174 Å². The molecular weight excluding hydrogens is 951 g/mol. The quantitative estimate of drug-likeness (QED) is 0.0684. The van der Waals surface area contributed by atoms with Crippen molar-refractivity contribution >= 4 is 77.9 Å². The molecule has 0 spiro atoms. The van der Waals surface area contributed by atoms with Crippen LogP contribution in [-0.4, -0.2) is 68.5 Å². The van der Waals surface area contributed by atoms with Gasteiger partial charge in [-0.3, -0.25) is 3.11 Å². The van der Waals surface area contributed by atoms with Crippen molar-refractivity contribution in [2.24, 2.45) is 3.15 Å². The summed E-state index contributed by atoms with van der Waals surface area (Å²) >= 11 is 5.91. The van der Waals surface area contributed by atoms with Gasteiger partial charge in [0.25, 0.3) is 0 Å². The Morgan fingerprint density at radius 2 is 0.785 bits per heavy atom. The Morgan fingerprint density at radius 3 is 1.28 bits per heavy atom. The number of rotatable bonds is 11. The van der Waals surface area contributed by atoms with Gasteiger partial charge in [0.2, 0.25) is 0 Å². The van der Waals surface area contributed by atoms with Gasteiger partial charge in [-0.1, -0.05) is 133 Å². The van der Waals surface area contributed by atoms with Crippen molar-refractivity contribution < 1.29 is 0 Å². The average molecular weight is 983 g/mol. The number of nitrogens with zero attached hydrogens (tertiary/aromatic N) is 16. The van der Waals surface area contributed by atoms with Gasteiger partial charge < -0.3 is 13.7 Å². The molecule has 0 saturated carbocycles. The second-order valence-electron chi connectivity index (χ2n) is 15.2. The van der Waals surface area contributed by atoms with Crippen LogP contribution in [0.2, 0.25) is 5.15 Å². The lowest BCUT2D eigenvalue weighted by molar-refractivity contribution is 0.813. The Balaban J connectivity index is 1.07. The van der Waals surface area contributed by atoms with E-state index in [-0.39, 0.29) is 5.15 Å². The predicted molar refractivity (Wildman–Crippen MR) is 255 cm³/mol. The highest BCUT2D eigenvalue weighted by molar-refractivity contribution is 14.2. The molecule has 0 fully saturated rings. The largest absolute Gasteiger partial charge is 0.303 e. The van der Waals surface area contributed by atoms with E-state index in [9.17, 15) is 0 Å². The topological polar surface area (TPSA) is 172 Å². The van der Waals surface area contributed by atoms with Crippen LogP contribution in [0.3, 0.4) is 0 Å². The van der Waals surface area contributed by atoms with Crippen LogP contribution >= 0.6 is 32.9 Å².